The number of fused-ring (bicyclic) bond motifs is 1. The molecule has 136 valence electrons. The highest BCUT2D eigenvalue weighted by atomic mass is 32.1. The number of aryl methyl sites for hydroxylation is 1. The molecule has 0 radical (unpaired) electrons. The summed E-state index contributed by atoms with van der Waals surface area (Å²) in [5, 5.41) is 9.95. The molecule has 0 aliphatic rings. The van der Waals surface area contributed by atoms with Gasteiger partial charge in [0.05, 0.1) is 15.8 Å². The molecule has 3 rings (SSSR count). The highest BCUT2D eigenvalue weighted by Gasteiger charge is 2.09. The lowest BCUT2D eigenvalue weighted by molar-refractivity contribution is 0.0697. The second-order valence-corrected chi connectivity index (χ2v) is 7.75. The van der Waals surface area contributed by atoms with Gasteiger partial charge in [-0.2, -0.15) is 0 Å². The lowest BCUT2D eigenvalue weighted by atomic mass is 10.0. The first kappa shape index (κ1) is 18.6. The van der Waals surface area contributed by atoms with Crippen molar-refractivity contribution in [1.29, 1.82) is 0 Å². The SMILES string of the molecule is CCCCCCCCc1ccc2nc(-c3ccc(C(=O)O)cc3)sc2c1. The van der Waals surface area contributed by atoms with Gasteiger partial charge in [0.15, 0.2) is 0 Å². The number of thiazole rings is 1. The average Bonchev–Trinajstić information content (AvgIpc) is 3.08. The van der Waals surface area contributed by atoms with Crippen LogP contribution in [0.3, 0.4) is 0 Å². The van der Waals surface area contributed by atoms with Gasteiger partial charge in [0.2, 0.25) is 0 Å². The van der Waals surface area contributed by atoms with Crippen molar-refractivity contribution in [2.24, 2.45) is 0 Å². The zero-order valence-electron chi connectivity index (χ0n) is 15.2. The van der Waals surface area contributed by atoms with E-state index in [2.05, 4.69) is 25.1 Å². The Morgan fingerprint density at radius 2 is 1.73 bits per heavy atom. The van der Waals surface area contributed by atoms with Gasteiger partial charge in [0.25, 0.3) is 0 Å². The number of benzene rings is 2. The topological polar surface area (TPSA) is 50.2 Å². The minimum Gasteiger partial charge on any atom is -0.478 e. The van der Waals surface area contributed by atoms with Crippen LogP contribution in [0.5, 0.6) is 0 Å². The van der Waals surface area contributed by atoms with E-state index in [4.69, 9.17) is 10.1 Å². The van der Waals surface area contributed by atoms with Gasteiger partial charge in [-0.15, -0.1) is 11.3 Å². The standard InChI is InChI=1S/C22H25NO2S/c1-2-3-4-5-6-7-8-16-9-14-19-20(15-16)26-21(23-19)17-10-12-18(13-11-17)22(24)25/h9-15H,2-8H2,1H3,(H,24,25). The van der Waals surface area contributed by atoms with Crippen LogP contribution in [0.1, 0.15) is 61.4 Å². The molecule has 0 unspecified atom stereocenters. The first-order valence-corrected chi connectivity index (χ1v) is 10.2. The molecule has 0 atom stereocenters. The molecule has 3 aromatic rings. The third kappa shape index (κ3) is 4.70. The minimum atomic E-state index is -0.903. The molecule has 0 aliphatic heterocycles. The van der Waals surface area contributed by atoms with Crippen LogP contribution in [0.25, 0.3) is 20.8 Å². The Morgan fingerprint density at radius 3 is 2.46 bits per heavy atom. The van der Waals surface area contributed by atoms with Crippen molar-refractivity contribution in [3.05, 3.63) is 53.6 Å². The number of carboxylic acids is 1. The monoisotopic (exact) mass is 367 g/mol. The van der Waals surface area contributed by atoms with Crippen molar-refractivity contribution < 1.29 is 9.90 Å². The Hall–Kier alpha value is -2.20. The van der Waals surface area contributed by atoms with Crippen molar-refractivity contribution in [2.75, 3.05) is 0 Å². The molecule has 0 saturated carbocycles. The van der Waals surface area contributed by atoms with E-state index in [1.54, 1.807) is 23.5 Å². The quantitative estimate of drug-likeness (QED) is 0.435. The molecule has 1 heterocycles. The van der Waals surface area contributed by atoms with Gasteiger partial charge in [-0.1, -0.05) is 57.2 Å². The van der Waals surface area contributed by atoms with Gasteiger partial charge in [-0.25, -0.2) is 9.78 Å². The molecule has 3 nitrogen and oxygen atoms in total. The summed E-state index contributed by atoms with van der Waals surface area (Å²) >= 11 is 1.67. The highest BCUT2D eigenvalue weighted by molar-refractivity contribution is 7.21. The molecule has 0 amide bonds. The first-order chi connectivity index (χ1) is 12.7. The molecule has 4 heteroatoms. The fraction of sp³-hybridized carbons (Fsp3) is 0.364. The Balaban J connectivity index is 1.66. The van der Waals surface area contributed by atoms with Gasteiger partial charge in [0, 0.05) is 5.56 Å². The van der Waals surface area contributed by atoms with Gasteiger partial charge < -0.3 is 5.11 Å². The molecule has 0 saturated heterocycles. The highest BCUT2D eigenvalue weighted by Crippen LogP contribution is 2.31. The van der Waals surface area contributed by atoms with Crippen molar-refractivity contribution in [3.63, 3.8) is 0 Å². The normalized spacial score (nSPS) is 11.1. The number of aromatic carboxylic acids is 1. The number of hydrogen-bond acceptors (Lipinski definition) is 3. The summed E-state index contributed by atoms with van der Waals surface area (Å²) in [6, 6.07) is 13.5. The summed E-state index contributed by atoms with van der Waals surface area (Å²) in [7, 11) is 0. The van der Waals surface area contributed by atoms with Crippen LogP contribution in [0.15, 0.2) is 42.5 Å². The molecule has 26 heavy (non-hydrogen) atoms. The van der Waals surface area contributed by atoms with Crippen LogP contribution >= 0.6 is 11.3 Å². The van der Waals surface area contributed by atoms with Gasteiger partial charge in [-0.05, 0) is 42.7 Å². The molecule has 1 N–H and O–H groups in total. The molecule has 0 spiro atoms. The number of carbonyl (C=O) groups is 1. The Morgan fingerprint density at radius 1 is 1.00 bits per heavy atom. The van der Waals surface area contributed by atoms with E-state index in [0.29, 0.717) is 5.56 Å². The van der Waals surface area contributed by atoms with Gasteiger partial charge >= 0.3 is 5.97 Å². The fourth-order valence-electron chi connectivity index (χ4n) is 3.11. The van der Waals surface area contributed by atoms with E-state index in [9.17, 15) is 4.79 Å². The van der Waals surface area contributed by atoms with E-state index in [1.807, 2.05) is 12.1 Å². The number of nitrogens with zero attached hydrogens (tertiary/aromatic N) is 1. The van der Waals surface area contributed by atoms with Crippen LogP contribution in [-0.4, -0.2) is 16.1 Å². The summed E-state index contributed by atoms with van der Waals surface area (Å²) < 4.78 is 1.20. The molecule has 0 fully saturated rings. The van der Waals surface area contributed by atoms with Crippen LogP contribution < -0.4 is 0 Å². The number of hydrogen-bond donors (Lipinski definition) is 1. The van der Waals surface area contributed by atoms with Crippen LogP contribution in [0.4, 0.5) is 0 Å². The maximum atomic E-state index is 11.0. The molecule has 0 bridgehead atoms. The number of unbranched alkanes of at least 4 members (excludes halogenated alkanes) is 5. The Bertz CT molecular complexity index is 867. The van der Waals surface area contributed by atoms with E-state index >= 15 is 0 Å². The van der Waals surface area contributed by atoms with Crippen LogP contribution in [0, 0.1) is 0 Å². The second-order valence-electron chi connectivity index (χ2n) is 6.72. The second kappa shape index (κ2) is 8.95. The number of aromatic nitrogens is 1. The van der Waals surface area contributed by atoms with E-state index in [-0.39, 0.29) is 0 Å². The summed E-state index contributed by atoms with van der Waals surface area (Å²) in [5.74, 6) is -0.903. The third-order valence-electron chi connectivity index (χ3n) is 4.65. The van der Waals surface area contributed by atoms with Crippen molar-refractivity contribution in [1.82, 2.24) is 4.98 Å². The number of carboxylic acid groups (broad SMARTS) is 1. The van der Waals surface area contributed by atoms with E-state index in [1.165, 1.54) is 48.8 Å². The minimum absolute atomic E-state index is 0.302. The molecule has 0 aliphatic carbocycles. The molecular weight excluding hydrogens is 342 g/mol. The molecule has 1 aromatic heterocycles. The smallest absolute Gasteiger partial charge is 0.335 e. The van der Waals surface area contributed by atoms with Gasteiger partial charge in [0.1, 0.15) is 5.01 Å². The lowest BCUT2D eigenvalue weighted by Crippen LogP contribution is -1.94. The number of rotatable bonds is 9. The first-order valence-electron chi connectivity index (χ1n) is 9.40. The van der Waals surface area contributed by atoms with Crippen LogP contribution in [-0.2, 0) is 6.42 Å². The largest absolute Gasteiger partial charge is 0.478 e. The Kier molecular flexibility index (Phi) is 6.40. The van der Waals surface area contributed by atoms with E-state index < -0.39 is 5.97 Å². The molecule has 2 aromatic carbocycles. The van der Waals surface area contributed by atoms with Gasteiger partial charge in [-0.3, -0.25) is 0 Å². The summed E-state index contributed by atoms with van der Waals surface area (Å²) in [5.41, 5.74) is 3.66. The summed E-state index contributed by atoms with van der Waals surface area (Å²) in [6.45, 7) is 2.25. The zero-order chi connectivity index (χ0) is 18.4. The van der Waals surface area contributed by atoms with Crippen molar-refractivity contribution in [3.8, 4) is 10.6 Å². The zero-order valence-corrected chi connectivity index (χ0v) is 16.0. The summed E-state index contributed by atoms with van der Waals surface area (Å²) in [6.07, 6.45) is 9.02. The molecular formula is C22H25NO2S. The van der Waals surface area contributed by atoms with Crippen LogP contribution in [0.2, 0.25) is 0 Å². The van der Waals surface area contributed by atoms with E-state index in [0.717, 1.165) is 22.5 Å². The summed E-state index contributed by atoms with van der Waals surface area (Å²) in [4.78, 5) is 15.7. The van der Waals surface area contributed by atoms with Crippen molar-refractivity contribution >= 4 is 27.5 Å². The maximum Gasteiger partial charge on any atom is 0.335 e. The average molecular weight is 368 g/mol. The van der Waals surface area contributed by atoms with Crippen molar-refractivity contribution in [2.45, 2.75) is 51.9 Å². The lowest BCUT2D eigenvalue weighted by Gasteiger charge is -2.02. The predicted octanol–water partition coefficient (Wildman–Crippen LogP) is 6.56. The maximum absolute atomic E-state index is 11.0. The fourth-order valence-corrected chi connectivity index (χ4v) is 4.15. The predicted molar refractivity (Wildman–Crippen MR) is 109 cm³/mol. The Labute approximate surface area is 158 Å². The third-order valence-corrected chi connectivity index (χ3v) is 5.72.